The van der Waals surface area contributed by atoms with Crippen LogP contribution in [-0.2, 0) is 20.0 Å². The second-order valence-corrected chi connectivity index (χ2v) is 10.2. The van der Waals surface area contributed by atoms with Crippen molar-refractivity contribution >= 4 is 53.8 Å². The number of rotatable bonds is 7. The zero-order chi connectivity index (χ0) is 21.1. The first-order chi connectivity index (χ1) is 13.6. The highest BCUT2D eigenvalue weighted by atomic mass is 32.2. The summed E-state index contributed by atoms with van der Waals surface area (Å²) in [6.07, 6.45) is 2.47. The van der Waals surface area contributed by atoms with Crippen LogP contribution >= 0.6 is 11.3 Å². The van der Waals surface area contributed by atoms with Crippen molar-refractivity contribution in [2.24, 2.45) is 0 Å². The standard InChI is InChI=1S/C17H16N4O5S3/c1-28(23,24)20-15-5-3-2-4-14(15)16(22)19-12-6-8-13(9-7-12)29(25,26)21-17-18-10-11-27-17/h2-11,20H,1H3,(H,18,21)(H,19,22). The van der Waals surface area contributed by atoms with E-state index in [-0.39, 0.29) is 21.3 Å². The highest BCUT2D eigenvalue weighted by molar-refractivity contribution is 7.93. The van der Waals surface area contributed by atoms with Gasteiger partial charge in [0.25, 0.3) is 15.9 Å². The van der Waals surface area contributed by atoms with Gasteiger partial charge in [-0.05, 0) is 36.4 Å². The molecule has 1 heterocycles. The summed E-state index contributed by atoms with van der Waals surface area (Å²) in [5.74, 6) is -0.548. The van der Waals surface area contributed by atoms with Crippen LogP contribution in [0.5, 0.6) is 0 Å². The lowest BCUT2D eigenvalue weighted by molar-refractivity contribution is 0.102. The first kappa shape index (κ1) is 20.8. The first-order valence-corrected chi connectivity index (χ1v) is 12.3. The van der Waals surface area contributed by atoms with Crippen molar-refractivity contribution in [2.45, 2.75) is 4.90 Å². The van der Waals surface area contributed by atoms with Gasteiger partial charge in [-0.3, -0.25) is 14.2 Å². The van der Waals surface area contributed by atoms with Gasteiger partial charge in [-0.1, -0.05) is 12.1 Å². The summed E-state index contributed by atoms with van der Waals surface area (Å²) in [6, 6.07) is 11.7. The SMILES string of the molecule is CS(=O)(=O)Nc1ccccc1C(=O)Nc1ccc(S(=O)(=O)Nc2nccs2)cc1. The van der Waals surface area contributed by atoms with Gasteiger partial charge in [-0.2, -0.15) is 0 Å². The number of hydrogen-bond donors (Lipinski definition) is 3. The molecule has 29 heavy (non-hydrogen) atoms. The van der Waals surface area contributed by atoms with E-state index in [4.69, 9.17) is 0 Å². The Morgan fingerprint density at radius 1 is 0.966 bits per heavy atom. The van der Waals surface area contributed by atoms with E-state index in [0.29, 0.717) is 5.69 Å². The number of anilines is 3. The molecule has 9 nitrogen and oxygen atoms in total. The zero-order valence-electron chi connectivity index (χ0n) is 15.0. The van der Waals surface area contributed by atoms with E-state index in [1.807, 2.05) is 0 Å². The Kier molecular flexibility index (Phi) is 5.86. The number of thiazole rings is 1. The van der Waals surface area contributed by atoms with Crippen molar-refractivity contribution in [1.29, 1.82) is 0 Å². The maximum Gasteiger partial charge on any atom is 0.263 e. The Morgan fingerprint density at radius 2 is 1.66 bits per heavy atom. The van der Waals surface area contributed by atoms with Crippen LogP contribution in [0.1, 0.15) is 10.4 Å². The van der Waals surface area contributed by atoms with Crippen molar-refractivity contribution in [3.63, 3.8) is 0 Å². The fourth-order valence-corrected chi connectivity index (χ4v) is 4.70. The third-order valence-corrected chi connectivity index (χ3v) is 6.31. The van der Waals surface area contributed by atoms with E-state index >= 15 is 0 Å². The van der Waals surface area contributed by atoms with E-state index < -0.39 is 26.0 Å². The lowest BCUT2D eigenvalue weighted by Crippen LogP contribution is -2.17. The fraction of sp³-hybridized carbons (Fsp3) is 0.0588. The third kappa shape index (κ3) is 5.53. The normalized spacial score (nSPS) is 11.6. The largest absolute Gasteiger partial charge is 0.322 e. The average Bonchev–Trinajstić information content (AvgIpc) is 3.13. The highest BCUT2D eigenvalue weighted by Crippen LogP contribution is 2.21. The molecule has 0 saturated heterocycles. The molecule has 0 bridgehead atoms. The molecule has 0 spiro atoms. The molecule has 3 aromatic rings. The molecule has 0 fully saturated rings. The number of aromatic nitrogens is 1. The van der Waals surface area contributed by atoms with Gasteiger partial charge in [0, 0.05) is 17.3 Å². The van der Waals surface area contributed by atoms with Crippen LogP contribution in [0, 0.1) is 0 Å². The van der Waals surface area contributed by atoms with Crippen LogP contribution < -0.4 is 14.8 Å². The Labute approximate surface area is 171 Å². The smallest absolute Gasteiger partial charge is 0.263 e. The van der Waals surface area contributed by atoms with Crippen LogP contribution in [0.15, 0.2) is 65.0 Å². The number of nitrogens with one attached hydrogen (secondary N) is 3. The van der Waals surface area contributed by atoms with E-state index in [1.54, 1.807) is 17.5 Å². The maximum absolute atomic E-state index is 12.5. The molecule has 0 aliphatic carbocycles. The van der Waals surface area contributed by atoms with Gasteiger partial charge in [0.1, 0.15) is 0 Å². The van der Waals surface area contributed by atoms with E-state index in [0.717, 1.165) is 17.6 Å². The van der Waals surface area contributed by atoms with Crippen LogP contribution in [-0.4, -0.2) is 34.0 Å². The summed E-state index contributed by atoms with van der Waals surface area (Å²) in [5.41, 5.74) is 0.608. The molecule has 0 atom stereocenters. The molecule has 3 N–H and O–H groups in total. The molecule has 3 rings (SSSR count). The lowest BCUT2D eigenvalue weighted by Gasteiger charge is -2.11. The number of carbonyl (C=O) groups is 1. The molecule has 12 heteroatoms. The van der Waals surface area contributed by atoms with Crippen LogP contribution in [0.4, 0.5) is 16.5 Å². The quantitative estimate of drug-likeness (QED) is 0.504. The second kappa shape index (κ2) is 8.19. The first-order valence-electron chi connectivity index (χ1n) is 8.05. The Morgan fingerprint density at radius 3 is 2.28 bits per heavy atom. The van der Waals surface area contributed by atoms with Crippen LogP contribution in [0.2, 0.25) is 0 Å². The molecular formula is C17H16N4O5S3. The summed E-state index contributed by atoms with van der Waals surface area (Å²) >= 11 is 1.15. The fourth-order valence-electron chi connectivity index (χ4n) is 2.33. The molecule has 152 valence electrons. The molecular weight excluding hydrogens is 436 g/mol. The van der Waals surface area contributed by atoms with Crippen molar-refractivity contribution in [2.75, 3.05) is 21.0 Å². The molecule has 2 aromatic carbocycles. The summed E-state index contributed by atoms with van der Waals surface area (Å²) in [4.78, 5) is 16.4. The number of nitrogens with zero attached hydrogens (tertiary/aromatic N) is 1. The molecule has 0 radical (unpaired) electrons. The maximum atomic E-state index is 12.5. The van der Waals surface area contributed by atoms with Gasteiger partial charge < -0.3 is 5.32 Å². The van der Waals surface area contributed by atoms with Crippen molar-refractivity contribution < 1.29 is 21.6 Å². The summed E-state index contributed by atoms with van der Waals surface area (Å²) < 4.78 is 52.3. The number of carbonyl (C=O) groups excluding carboxylic acids is 1. The minimum atomic E-state index is -3.80. The third-order valence-electron chi connectivity index (χ3n) is 3.54. The minimum absolute atomic E-state index is 0.00448. The lowest BCUT2D eigenvalue weighted by atomic mass is 10.1. The number of amides is 1. The van der Waals surface area contributed by atoms with Crippen molar-refractivity contribution in [1.82, 2.24) is 4.98 Å². The van der Waals surface area contributed by atoms with Crippen molar-refractivity contribution in [3.05, 3.63) is 65.7 Å². The van der Waals surface area contributed by atoms with E-state index in [9.17, 15) is 21.6 Å². The number of benzene rings is 2. The molecule has 0 aliphatic heterocycles. The molecule has 0 unspecified atom stereocenters. The van der Waals surface area contributed by atoms with E-state index in [1.165, 1.54) is 42.6 Å². The summed E-state index contributed by atoms with van der Waals surface area (Å²) in [7, 11) is -7.36. The summed E-state index contributed by atoms with van der Waals surface area (Å²) in [6.45, 7) is 0. The number of hydrogen-bond acceptors (Lipinski definition) is 7. The van der Waals surface area contributed by atoms with Gasteiger partial charge in [0.05, 0.1) is 22.4 Å². The Bertz CT molecular complexity index is 1220. The van der Waals surface area contributed by atoms with Gasteiger partial charge in [0.2, 0.25) is 10.0 Å². The van der Waals surface area contributed by atoms with Gasteiger partial charge in [-0.15, -0.1) is 11.3 Å². The Balaban J connectivity index is 1.76. The highest BCUT2D eigenvalue weighted by Gasteiger charge is 2.17. The zero-order valence-corrected chi connectivity index (χ0v) is 17.4. The van der Waals surface area contributed by atoms with E-state index in [2.05, 4.69) is 19.7 Å². The molecule has 0 aliphatic rings. The second-order valence-electron chi connectivity index (χ2n) is 5.84. The monoisotopic (exact) mass is 452 g/mol. The van der Waals surface area contributed by atoms with Crippen LogP contribution in [0.25, 0.3) is 0 Å². The predicted molar refractivity (Wildman–Crippen MR) is 112 cm³/mol. The topological polar surface area (TPSA) is 134 Å². The van der Waals surface area contributed by atoms with Gasteiger partial charge in [-0.25, -0.2) is 21.8 Å². The van der Waals surface area contributed by atoms with Crippen LogP contribution in [0.3, 0.4) is 0 Å². The predicted octanol–water partition coefficient (Wildman–Crippen LogP) is 2.57. The summed E-state index contributed by atoms with van der Waals surface area (Å²) in [5, 5.41) is 4.50. The van der Waals surface area contributed by atoms with Crippen molar-refractivity contribution in [3.8, 4) is 0 Å². The Hall–Kier alpha value is -2.96. The number of para-hydroxylation sites is 1. The molecule has 1 aromatic heterocycles. The molecule has 0 saturated carbocycles. The van der Waals surface area contributed by atoms with Gasteiger partial charge >= 0.3 is 0 Å². The molecule has 1 amide bonds. The average molecular weight is 453 g/mol. The van der Waals surface area contributed by atoms with Gasteiger partial charge in [0.15, 0.2) is 5.13 Å². The number of sulfonamides is 2. The minimum Gasteiger partial charge on any atom is -0.322 e.